The Labute approximate surface area is 254 Å². The standard InChI is InChI=1S/C33H40Cl3NO3/c1-22-15-31(35)33(32(36)16-22)40-14-13-39-29-8-3-23(4-9-29)17-25(21-37)19-27(26-6-7-26)20-28-18-24(11-12-38-2)5-10-30(28)34/h3-5,8-10,15-16,18,25-27H,6-7,11-14,17,19-21,37H2,1-2H3/t25-,27+/m0/s1. The number of hydrogen-bond donors (Lipinski definition) is 1. The van der Waals surface area contributed by atoms with E-state index in [1.807, 2.05) is 37.3 Å². The van der Waals surface area contributed by atoms with E-state index < -0.39 is 0 Å². The second kappa shape index (κ2) is 15.3. The molecule has 40 heavy (non-hydrogen) atoms. The third-order valence-corrected chi connectivity index (χ3v) is 8.56. The molecule has 0 bridgehead atoms. The molecule has 0 saturated heterocycles. The highest BCUT2D eigenvalue weighted by molar-refractivity contribution is 6.37. The molecule has 7 heteroatoms. The average Bonchev–Trinajstić information content (AvgIpc) is 3.78. The van der Waals surface area contributed by atoms with Gasteiger partial charge in [0.15, 0.2) is 5.75 Å². The molecule has 0 spiro atoms. The monoisotopic (exact) mass is 603 g/mol. The summed E-state index contributed by atoms with van der Waals surface area (Å²) in [6, 6.07) is 18.4. The topological polar surface area (TPSA) is 53.7 Å². The van der Waals surface area contributed by atoms with Gasteiger partial charge in [0.05, 0.1) is 16.7 Å². The van der Waals surface area contributed by atoms with Gasteiger partial charge in [0.25, 0.3) is 0 Å². The van der Waals surface area contributed by atoms with Crippen LogP contribution in [0.5, 0.6) is 11.5 Å². The fourth-order valence-corrected chi connectivity index (χ4v) is 6.23. The van der Waals surface area contributed by atoms with Crippen molar-refractivity contribution in [3.63, 3.8) is 0 Å². The largest absolute Gasteiger partial charge is 0.490 e. The van der Waals surface area contributed by atoms with E-state index >= 15 is 0 Å². The Kier molecular flexibility index (Phi) is 11.9. The Balaban J connectivity index is 1.28. The summed E-state index contributed by atoms with van der Waals surface area (Å²) >= 11 is 19.1. The van der Waals surface area contributed by atoms with E-state index in [1.165, 1.54) is 29.5 Å². The van der Waals surface area contributed by atoms with Gasteiger partial charge in [-0.3, -0.25) is 0 Å². The summed E-state index contributed by atoms with van der Waals surface area (Å²) in [6.45, 7) is 4.07. The van der Waals surface area contributed by atoms with Crippen LogP contribution in [0.3, 0.4) is 0 Å². The van der Waals surface area contributed by atoms with Crippen LogP contribution in [0.2, 0.25) is 15.1 Å². The Hall–Kier alpha value is -1.95. The molecule has 0 radical (unpaired) electrons. The number of nitrogens with two attached hydrogens (primary N) is 1. The lowest BCUT2D eigenvalue weighted by molar-refractivity contribution is 0.202. The molecule has 2 atom stereocenters. The lowest BCUT2D eigenvalue weighted by Gasteiger charge is -2.24. The zero-order chi connectivity index (χ0) is 28.5. The molecule has 4 nitrogen and oxygen atoms in total. The summed E-state index contributed by atoms with van der Waals surface area (Å²) in [5, 5.41) is 1.88. The third-order valence-electron chi connectivity index (χ3n) is 7.63. The van der Waals surface area contributed by atoms with Crippen LogP contribution < -0.4 is 15.2 Å². The van der Waals surface area contributed by atoms with Gasteiger partial charge < -0.3 is 19.9 Å². The molecule has 0 aliphatic heterocycles. The van der Waals surface area contributed by atoms with Crippen LogP contribution in [0.4, 0.5) is 0 Å². The van der Waals surface area contributed by atoms with Crippen molar-refractivity contribution in [3.8, 4) is 11.5 Å². The maximum Gasteiger partial charge on any atom is 0.156 e. The van der Waals surface area contributed by atoms with Gasteiger partial charge in [-0.2, -0.15) is 0 Å². The molecule has 1 aliphatic rings. The van der Waals surface area contributed by atoms with E-state index in [1.54, 1.807) is 7.11 Å². The smallest absolute Gasteiger partial charge is 0.156 e. The predicted molar refractivity (Wildman–Crippen MR) is 166 cm³/mol. The van der Waals surface area contributed by atoms with Crippen molar-refractivity contribution in [2.24, 2.45) is 23.5 Å². The molecular weight excluding hydrogens is 565 g/mol. The number of halogens is 3. The summed E-state index contributed by atoms with van der Waals surface area (Å²) in [7, 11) is 1.74. The molecule has 1 aliphatic carbocycles. The van der Waals surface area contributed by atoms with Gasteiger partial charge >= 0.3 is 0 Å². The highest BCUT2D eigenvalue weighted by Gasteiger charge is 2.33. The van der Waals surface area contributed by atoms with Gasteiger partial charge in [0.1, 0.15) is 19.0 Å². The van der Waals surface area contributed by atoms with E-state index in [9.17, 15) is 0 Å². The fourth-order valence-electron chi connectivity index (χ4n) is 5.33. The van der Waals surface area contributed by atoms with Crippen LogP contribution in [-0.4, -0.2) is 33.5 Å². The second-order valence-electron chi connectivity index (χ2n) is 10.9. The first-order valence-electron chi connectivity index (χ1n) is 14.1. The van der Waals surface area contributed by atoms with E-state index in [0.29, 0.717) is 47.4 Å². The summed E-state index contributed by atoms with van der Waals surface area (Å²) in [5.41, 5.74) is 11.1. The van der Waals surface area contributed by atoms with Gasteiger partial charge in [-0.15, -0.1) is 0 Å². The Morgan fingerprint density at radius 2 is 1.50 bits per heavy atom. The van der Waals surface area contributed by atoms with E-state index in [-0.39, 0.29) is 0 Å². The van der Waals surface area contributed by atoms with Crippen LogP contribution in [0.15, 0.2) is 54.6 Å². The number of rotatable bonds is 16. The normalized spacial score (nSPS) is 14.7. The van der Waals surface area contributed by atoms with E-state index in [2.05, 4.69) is 24.3 Å². The summed E-state index contributed by atoms with van der Waals surface area (Å²) in [6.07, 6.45) is 6.59. The van der Waals surface area contributed by atoms with Crippen LogP contribution in [0.1, 0.15) is 41.5 Å². The quantitative estimate of drug-likeness (QED) is 0.167. The van der Waals surface area contributed by atoms with Gasteiger partial charge in [0.2, 0.25) is 0 Å². The predicted octanol–water partition coefficient (Wildman–Crippen LogP) is 8.38. The van der Waals surface area contributed by atoms with Gasteiger partial charge in [-0.05, 0) is 122 Å². The first kappa shape index (κ1) is 31.0. The van der Waals surface area contributed by atoms with Gasteiger partial charge in [0, 0.05) is 12.1 Å². The molecule has 0 amide bonds. The number of benzene rings is 3. The Morgan fingerprint density at radius 1 is 0.825 bits per heavy atom. The minimum Gasteiger partial charge on any atom is -0.490 e. The molecule has 0 unspecified atom stereocenters. The summed E-state index contributed by atoms with van der Waals surface area (Å²) < 4.78 is 16.9. The minimum atomic E-state index is 0.349. The summed E-state index contributed by atoms with van der Waals surface area (Å²) in [4.78, 5) is 0. The van der Waals surface area contributed by atoms with Crippen LogP contribution in [0, 0.1) is 24.7 Å². The molecular formula is C33H40Cl3NO3. The van der Waals surface area contributed by atoms with E-state index in [4.69, 9.17) is 54.7 Å². The van der Waals surface area contributed by atoms with Crippen molar-refractivity contribution in [2.75, 3.05) is 33.5 Å². The van der Waals surface area contributed by atoms with Crippen molar-refractivity contribution in [3.05, 3.63) is 91.9 Å². The van der Waals surface area contributed by atoms with Crippen molar-refractivity contribution in [2.45, 2.75) is 45.4 Å². The molecule has 0 aromatic heterocycles. The van der Waals surface area contributed by atoms with Crippen molar-refractivity contribution in [1.82, 2.24) is 0 Å². The van der Waals surface area contributed by atoms with Crippen LogP contribution in [-0.2, 0) is 24.0 Å². The number of hydrogen-bond acceptors (Lipinski definition) is 4. The highest BCUT2D eigenvalue weighted by atomic mass is 35.5. The molecule has 0 heterocycles. The molecule has 4 rings (SSSR count). The molecule has 3 aromatic rings. The van der Waals surface area contributed by atoms with E-state index in [0.717, 1.165) is 54.5 Å². The van der Waals surface area contributed by atoms with Crippen molar-refractivity contribution < 1.29 is 14.2 Å². The SMILES string of the molecule is COCCc1ccc(Cl)c(C[C@@H](C[C@@H](CN)Cc2ccc(OCCOc3c(Cl)cc(C)cc3Cl)cc2)C2CC2)c1. The molecule has 2 N–H and O–H groups in total. The first-order chi connectivity index (χ1) is 19.4. The third kappa shape index (κ3) is 9.29. The zero-order valence-electron chi connectivity index (χ0n) is 23.4. The second-order valence-corrected chi connectivity index (χ2v) is 12.1. The first-order valence-corrected chi connectivity index (χ1v) is 15.3. The minimum absolute atomic E-state index is 0.349. The van der Waals surface area contributed by atoms with Gasteiger partial charge in [-0.25, -0.2) is 0 Å². The van der Waals surface area contributed by atoms with Crippen LogP contribution in [0.25, 0.3) is 0 Å². The fraction of sp³-hybridized carbons (Fsp3) is 0.455. The maximum atomic E-state index is 6.62. The Morgan fingerprint density at radius 3 is 2.15 bits per heavy atom. The lowest BCUT2D eigenvalue weighted by Crippen LogP contribution is -2.22. The molecule has 1 saturated carbocycles. The van der Waals surface area contributed by atoms with Crippen molar-refractivity contribution >= 4 is 34.8 Å². The van der Waals surface area contributed by atoms with Crippen molar-refractivity contribution in [1.29, 1.82) is 0 Å². The number of ether oxygens (including phenoxy) is 3. The van der Waals surface area contributed by atoms with Gasteiger partial charge in [-0.1, -0.05) is 59.1 Å². The number of methoxy groups -OCH3 is 1. The maximum absolute atomic E-state index is 6.62. The molecule has 216 valence electrons. The number of aryl methyl sites for hydroxylation is 1. The molecule has 1 fully saturated rings. The Bertz CT molecular complexity index is 1210. The lowest BCUT2D eigenvalue weighted by atomic mass is 9.83. The zero-order valence-corrected chi connectivity index (χ0v) is 25.7. The molecule has 3 aromatic carbocycles. The van der Waals surface area contributed by atoms with Crippen LogP contribution >= 0.6 is 34.8 Å². The summed E-state index contributed by atoms with van der Waals surface area (Å²) in [5.74, 6) is 3.09. The average molecular weight is 605 g/mol. The highest BCUT2D eigenvalue weighted by Crippen LogP contribution is 2.42.